The Labute approximate surface area is 300 Å². The standard InChI is InChI=1S/C42H48N6O3/c1-27(2)34(24-39(49)51-4)42(50)48-22-10-15-37(48)41-44-26-36(46-41)31-20-21-33(38(23-31)47(3)32-13-6-5-7-14-32)28-16-18-29(19-17-28)35-25-43-40(45-35)30-11-8-9-12-30/h5-7,13-14,16-21,23,25-27,30,34,37H,8-12,15,22,24H2,1-4H3,(H,43,45)(H,44,46)/t34-,37-/m0/s1. The lowest BCUT2D eigenvalue weighted by atomic mass is 9.91. The van der Waals surface area contributed by atoms with E-state index < -0.39 is 5.92 Å². The van der Waals surface area contributed by atoms with Crippen molar-refractivity contribution in [2.24, 2.45) is 11.8 Å². The monoisotopic (exact) mass is 684 g/mol. The van der Waals surface area contributed by atoms with Crippen LogP contribution >= 0.6 is 0 Å². The lowest BCUT2D eigenvalue weighted by molar-refractivity contribution is -0.148. The molecule has 5 aromatic rings. The number of nitrogens with one attached hydrogen (secondary N) is 2. The number of H-pyrrole nitrogens is 2. The first kappa shape index (κ1) is 34.3. The number of rotatable bonds is 11. The molecule has 7 rings (SSSR count). The first-order valence-electron chi connectivity index (χ1n) is 18.3. The van der Waals surface area contributed by atoms with Crippen molar-refractivity contribution in [1.82, 2.24) is 24.8 Å². The molecule has 9 heteroatoms. The minimum absolute atomic E-state index is 0.0136. The summed E-state index contributed by atoms with van der Waals surface area (Å²) in [6.45, 7) is 4.61. The number of hydrogen-bond acceptors (Lipinski definition) is 6. The van der Waals surface area contributed by atoms with Crippen LogP contribution in [-0.2, 0) is 14.3 Å². The largest absolute Gasteiger partial charge is 0.469 e. The quantitative estimate of drug-likeness (QED) is 0.135. The summed E-state index contributed by atoms with van der Waals surface area (Å²) < 4.78 is 4.90. The number of amides is 1. The molecule has 2 aliphatic rings. The van der Waals surface area contributed by atoms with Gasteiger partial charge in [0.2, 0.25) is 5.91 Å². The van der Waals surface area contributed by atoms with Crippen LogP contribution in [0, 0.1) is 11.8 Å². The van der Waals surface area contributed by atoms with Crippen LogP contribution in [0.5, 0.6) is 0 Å². The zero-order valence-electron chi connectivity index (χ0n) is 30.1. The van der Waals surface area contributed by atoms with Gasteiger partial charge in [-0.3, -0.25) is 9.59 Å². The van der Waals surface area contributed by atoms with Gasteiger partial charge in [-0.05, 0) is 60.9 Å². The second-order valence-corrected chi connectivity index (χ2v) is 14.4. The Kier molecular flexibility index (Phi) is 10.1. The van der Waals surface area contributed by atoms with Crippen molar-refractivity contribution in [3.63, 3.8) is 0 Å². The topological polar surface area (TPSA) is 107 Å². The molecule has 3 aromatic carbocycles. The third-order valence-corrected chi connectivity index (χ3v) is 10.8. The van der Waals surface area contributed by atoms with Gasteiger partial charge < -0.3 is 24.5 Å². The van der Waals surface area contributed by atoms with Gasteiger partial charge in [-0.15, -0.1) is 0 Å². The van der Waals surface area contributed by atoms with Crippen LogP contribution in [0.2, 0.25) is 0 Å². The predicted molar refractivity (Wildman–Crippen MR) is 201 cm³/mol. The van der Waals surface area contributed by atoms with Gasteiger partial charge in [0.1, 0.15) is 11.6 Å². The molecule has 2 N–H and O–H groups in total. The lowest BCUT2D eigenvalue weighted by Crippen LogP contribution is -2.39. The molecular formula is C42H48N6O3. The fourth-order valence-corrected chi connectivity index (χ4v) is 7.78. The van der Waals surface area contributed by atoms with Crippen molar-refractivity contribution in [1.29, 1.82) is 0 Å². The summed E-state index contributed by atoms with van der Waals surface area (Å²) in [5, 5.41) is 0. The van der Waals surface area contributed by atoms with Gasteiger partial charge in [-0.2, -0.15) is 0 Å². The molecule has 1 aliphatic carbocycles. The molecule has 3 heterocycles. The number of benzene rings is 3. The molecule has 0 bridgehead atoms. The average molecular weight is 685 g/mol. The molecule has 1 amide bonds. The van der Waals surface area contributed by atoms with E-state index in [1.165, 1.54) is 32.8 Å². The first-order valence-corrected chi connectivity index (χ1v) is 18.3. The molecular weight excluding hydrogens is 637 g/mol. The number of anilines is 2. The molecule has 264 valence electrons. The van der Waals surface area contributed by atoms with Gasteiger partial charge in [-0.1, -0.05) is 81.3 Å². The molecule has 0 spiro atoms. The highest BCUT2D eigenvalue weighted by atomic mass is 16.5. The summed E-state index contributed by atoms with van der Waals surface area (Å²) in [4.78, 5) is 46.7. The second kappa shape index (κ2) is 15.0. The Morgan fingerprint density at radius 1 is 0.843 bits per heavy atom. The summed E-state index contributed by atoms with van der Waals surface area (Å²) in [6, 6.07) is 25.4. The number of esters is 1. The van der Waals surface area contributed by atoms with Gasteiger partial charge >= 0.3 is 5.97 Å². The number of hydrogen-bond donors (Lipinski definition) is 2. The van der Waals surface area contributed by atoms with E-state index >= 15 is 0 Å². The Bertz CT molecular complexity index is 1960. The highest BCUT2D eigenvalue weighted by Crippen LogP contribution is 2.40. The van der Waals surface area contributed by atoms with Crippen molar-refractivity contribution in [3.05, 3.63) is 96.8 Å². The zero-order valence-corrected chi connectivity index (χ0v) is 30.1. The average Bonchev–Trinajstić information content (AvgIpc) is 4.00. The molecule has 1 aliphatic heterocycles. The number of para-hydroxylation sites is 1. The SMILES string of the molecule is COC(=O)C[C@H](C(=O)N1CCC[C@H]1c1ncc(-c2ccc(-c3ccc(-c4cnc(C5CCCC5)[nH]4)cc3)c(N(C)c3ccccc3)c2)[nH]1)C(C)C. The van der Waals surface area contributed by atoms with Gasteiger partial charge in [-0.25, -0.2) is 9.97 Å². The number of nitrogens with zero attached hydrogens (tertiary/aromatic N) is 4. The third-order valence-electron chi connectivity index (χ3n) is 10.8. The maximum absolute atomic E-state index is 13.7. The summed E-state index contributed by atoms with van der Waals surface area (Å²) in [6.07, 6.45) is 10.6. The molecule has 0 unspecified atom stereocenters. The van der Waals surface area contributed by atoms with E-state index in [-0.39, 0.29) is 30.3 Å². The molecule has 0 radical (unpaired) electrons. The number of ether oxygens (including phenoxy) is 1. The van der Waals surface area contributed by atoms with Gasteiger partial charge in [0.15, 0.2) is 0 Å². The summed E-state index contributed by atoms with van der Waals surface area (Å²) >= 11 is 0. The fourth-order valence-electron chi connectivity index (χ4n) is 7.78. The molecule has 1 saturated heterocycles. The predicted octanol–water partition coefficient (Wildman–Crippen LogP) is 9.06. The third kappa shape index (κ3) is 7.20. The number of likely N-dealkylation sites (tertiary alicyclic amines) is 1. The van der Waals surface area contributed by atoms with E-state index in [1.54, 1.807) is 0 Å². The smallest absolute Gasteiger partial charge is 0.306 e. The highest BCUT2D eigenvalue weighted by molar-refractivity contribution is 5.87. The van der Waals surface area contributed by atoms with E-state index in [2.05, 4.69) is 88.6 Å². The van der Waals surface area contributed by atoms with Crippen molar-refractivity contribution < 1.29 is 14.3 Å². The van der Waals surface area contributed by atoms with Gasteiger partial charge in [0.05, 0.1) is 49.3 Å². The molecule has 1 saturated carbocycles. The van der Waals surface area contributed by atoms with Crippen molar-refractivity contribution >= 4 is 23.3 Å². The van der Waals surface area contributed by atoms with Crippen LogP contribution in [0.4, 0.5) is 11.4 Å². The maximum atomic E-state index is 13.7. The number of imidazole rings is 2. The number of aromatic amines is 2. The van der Waals surface area contributed by atoms with E-state index in [9.17, 15) is 9.59 Å². The van der Waals surface area contributed by atoms with E-state index in [0.717, 1.165) is 69.5 Å². The van der Waals surface area contributed by atoms with Crippen LogP contribution in [0.3, 0.4) is 0 Å². The van der Waals surface area contributed by atoms with Crippen molar-refractivity contribution in [3.8, 4) is 33.6 Å². The minimum atomic E-state index is -0.431. The molecule has 2 atom stereocenters. The Morgan fingerprint density at radius 3 is 2.20 bits per heavy atom. The molecule has 2 fully saturated rings. The fraction of sp³-hybridized carbons (Fsp3) is 0.381. The Hall–Kier alpha value is -5.18. The van der Waals surface area contributed by atoms with Crippen LogP contribution in [0.15, 0.2) is 85.2 Å². The van der Waals surface area contributed by atoms with E-state index in [0.29, 0.717) is 12.5 Å². The van der Waals surface area contributed by atoms with Crippen molar-refractivity contribution in [2.45, 2.75) is 70.8 Å². The van der Waals surface area contributed by atoms with E-state index in [4.69, 9.17) is 14.7 Å². The highest BCUT2D eigenvalue weighted by Gasteiger charge is 2.37. The second-order valence-electron chi connectivity index (χ2n) is 14.4. The number of carbonyl (C=O) groups is 2. The molecule has 2 aromatic heterocycles. The van der Waals surface area contributed by atoms with Gasteiger partial charge in [0.25, 0.3) is 0 Å². The minimum Gasteiger partial charge on any atom is -0.469 e. The Morgan fingerprint density at radius 2 is 1.49 bits per heavy atom. The first-order chi connectivity index (χ1) is 24.8. The van der Waals surface area contributed by atoms with Crippen LogP contribution in [0.1, 0.15) is 82.4 Å². The number of carbonyl (C=O) groups excluding carboxylic acids is 2. The summed E-state index contributed by atoms with van der Waals surface area (Å²) in [5.41, 5.74) is 8.46. The van der Waals surface area contributed by atoms with Crippen LogP contribution < -0.4 is 4.90 Å². The summed E-state index contributed by atoms with van der Waals surface area (Å²) in [5.74, 6) is 1.64. The molecule has 9 nitrogen and oxygen atoms in total. The summed E-state index contributed by atoms with van der Waals surface area (Å²) in [7, 11) is 3.47. The Balaban J connectivity index is 1.17. The zero-order chi connectivity index (χ0) is 35.5. The maximum Gasteiger partial charge on any atom is 0.306 e. The van der Waals surface area contributed by atoms with Crippen LogP contribution in [-0.4, -0.2) is 57.4 Å². The van der Waals surface area contributed by atoms with Crippen LogP contribution in [0.25, 0.3) is 33.6 Å². The van der Waals surface area contributed by atoms with Crippen molar-refractivity contribution in [2.75, 3.05) is 25.6 Å². The lowest BCUT2D eigenvalue weighted by Gasteiger charge is -2.29. The molecule has 51 heavy (non-hydrogen) atoms. The number of methoxy groups -OCH3 is 1. The van der Waals surface area contributed by atoms with Gasteiger partial charge in [0, 0.05) is 42.0 Å². The normalized spacial score (nSPS) is 16.9. The van der Waals surface area contributed by atoms with E-state index in [1.807, 2.05) is 37.2 Å². The number of aromatic nitrogens is 4.